The minimum Gasteiger partial charge on any atom is -0.461 e. The highest BCUT2D eigenvalue weighted by molar-refractivity contribution is 5.82. The molecule has 68 heavy (non-hydrogen) atoms. The first-order valence-corrected chi connectivity index (χ1v) is 25.4. The molecule has 5 aliphatic rings. The summed E-state index contributed by atoms with van der Waals surface area (Å²) in [6.45, 7) is 20.8. The number of rotatable bonds is 30. The molecule has 0 bridgehead atoms. The van der Waals surface area contributed by atoms with E-state index in [-0.39, 0.29) is 65.9 Å². The Morgan fingerprint density at radius 1 is 0.618 bits per heavy atom. The number of esters is 2. The highest BCUT2D eigenvalue weighted by Crippen LogP contribution is 2.75. The Morgan fingerprint density at radius 3 is 1.68 bits per heavy atom. The molecular formula is C52H84N2O14. The Balaban J connectivity index is 0.849. The molecule has 1 aromatic rings. The van der Waals surface area contributed by atoms with E-state index in [2.05, 4.69) is 47.6 Å². The molecular weight excluding hydrogens is 877 g/mol. The predicted molar refractivity (Wildman–Crippen MR) is 252 cm³/mol. The second kappa shape index (κ2) is 25.1. The lowest BCUT2D eigenvalue weighted by Gasteiger charge is -2.70. The van der Waals surface area contributed by atoms with Crippen molar-refractivity contribution in [3.05, 3.63) is 35.4 Å². The molecule has 0 aliphatic heterocycles. The largest absolute Gasteiger partial charge is 0.461 e. The maximum atomic E-state index is 14.4. The summed E-state index contributed by atoms with van der Waals surface area (Å²) in [5.41, 5.74) is 2.16. The van der Waals surface area contributed by atoms with Gasteiger partial charge in [-0.15, -0.1) is 0 Å². The number of aliphatic hydroxyl groups is 2. The number of carbonyl (C=O) groups is 2. The molecule has 1 aromatic heterocycles. The van der Waals surface area contributed by atoms with Gasteiger partial charge < -0.3 is 57.6 Å². The molecule has 8 atom stereocenters. The third-order valence-electron chi connectivity index (χ3n) is 16.9. The normalized spacial score (nSPS) is 31.4. The zero-order valence-corrected chi connectivity index (χ0v) is 42.2. The SMILES string of the molecule is CC1(C)CC[C@]2(C(=O)OCC(=O)OCCOCCOCCOCCOCCOCCOCCOCCOCCO)CC[C@]3(C)C(=CC[C@@H]4[C@@]5(C)Cc6nccnc6[C@@](C)(CO)[C@@H]5CC[C@]43C)[C@@H]2C1. The summed E-state index contributed by atoms with van der Waals surface area (Å²) in [5.74, 6) is -0.148. The summed E-state index contributed by atoms with van der Waals surface area (Å²) >= 11 is 0. The average Bonchev–Trinajstić information content (AvgIpc) is 3.31. The van der Waals surface area contributed by atoms with E-state index in [1.54, 1.807) is 12.4 Å². The van der Waals surface area contributed by atoms with Crippen LogP contribution >= 0.6 is 0 Å². The molecule has 0 aromatic carbocycles. The minimum absolute atomic E-state index is 0.00936. The van der Waals surface area contributed by atoms with Crippen molar-refractivity contribution >= 4 is 11.9 Å². The van der Waals surface area contributed by atoms with Gasteiger partial charge in [0.05, 0.1) is 136 Å². The van der Waals surface area contributed by atoms with Gasteiger partial charge in [-0.3, -0.25) is 14.8 Å². The van der Waals surface area contributed by atoms with Gasteiger partial charge in [0, 0.05) is 17.8 Å². The summed E-state index contributed by atoms with van der Waals surface area (Å²) in [6.07, 6.45) is 14.1. The lowest BCUT2D eigenvalue weighted by molar-refractivity contribution is -0.185. The zero-order chi connectivity index (χ0) is 48.7. The van der Waals surface area contributed by atoms with Crippen LogP contribution in [0.2, 0.25) is 0 Å². The van der Waals surface area contributed by atoms with Crippen molar-refractivity contribution in [1.29, 1.82) is 0 Å². The van der Waals surface area contributed by atoms with E-state index in [1.165, 1.54) is 5.57 Å². The van der Waals surface area contributed by atoms with E-state index in [4.69, 9.17) is 62.4 Å². The van der Waals surface area contributed by atoms with Crippen LogP contribution in [0.25, 0.3) is 0 Å². The molecule has 0 radical (unpaired) electrons. The van der Waals surface area contributed by atoms with E-state index >= 15 is 0 Å². The van der Waals surface area contributed by atoms with E-state index in [9.17, 15) is 14.7 Å². The number of allylic oxidation sites excluding steroid dienone is 2. The van der Waals surface area contributed by atoms with Gasteiger partial charge in [0.25, 0.3) is 0 Å². The molecule has 0 saturated heterocycles. The third kappa shape index (κ3) is 12.5. The number of hydrogen-bond acceptors (Lipinski definition) is 16. The number of fused-ring (bicyclic) bond motifs is 8. The van der Waals surface area contributed by atoms with Crippen LogP contribution < -0.4 is 0 Å². The van der Waals surface area contributed by atoms with Gasteiger partial charge in [-0.25, -0.2) is 4.79 Å². The Bertz CT molecular complexity index is 1780. The van der Waals surface area contributed by atoms with Crippen LogP contribution in [0.4, 0.5) is 0 Å². The van der Waals surface area contributed by atoms with Gasteiger partial charge in [0.2, 0.25) is 0 Å². The Morgan fingerprint density at radius 2 is 1.13 bits per heavy atom. The van der Waals surface area contributed by atoms with Gasteiger partial charge in [0.1, 0.15) is 6.61 Å². The molecule has 1 heterocycles. The third-order valence-corrected chi connectivity index (χ3v) is 16.9. The first-order valence-electron chi connectivity index (χ1n) is 25.4. The predicted octanol–water partition coefficient (Wildman–Crippen LogP) is 5.48. The molecule has 0 spiro atoms. The van der Waals surface area contributed by atoms with Crippen LogP contribution in [0.3, 0.4) is 0 Å². The van der Waals surface area contributed by atoms with Gasteiger partial charge in [-0.1, -0.05) is 53.2 Å². The highest BCUT2D eigenvalue weighted by atomic mass is 16.6. The first-order chi connectivity index (χ1) is 32.7. The fourth-order valence-corrected chi connectivity index (χ4v) is 13.2. The molecule has 386 valence electrons. The number of ether oxygens (including phenoxy) is 10. The van der Waals surface area contributed by atoms with Crippen molar-refractivity contribution in [2.45, 2.75) is 105 Å². The monoisotopic (exact) mass is 961 g/mol. The molecule has 16 nitrogen and oxygen atoms in total. The molecule has 5 aliphatic carbocycles. The van der Waals surface area contributed by atoms with Crippen molar-refractivity contribution in [3.8, 4) is 0 Å². The van der Waals surface area contributed by atoms with Crippen LogP contribution in [-0.2, 0) is 68.8 Å². The second-order valence-corrected chi connectivity index (χ2v) is 21.4. The van der Waals surface area contributed by atoms with Crippen molar-refractivity contribution in [3.63, 3.8) is 0 Å². The molecule has 0 unspecified atom stereocenters. The fourth-order valence-electron chi connectivity index (χ4n) is 13.2. The van der Waals surface area contributed by atoms with E-state index in [0.29, 0.717) is 105 Å². The molecule has 16 heteroatoms. The van der Waals surface area contributed by atoms with Gasteiger partial charge in [-0.05, 0) is 97.2 Å². The van der Waals surface area contributed by atoms with Crippen molar-refractivity contribution in [1.82, 2.24) is 9.97 Å². The smallest absolute Gasteiger partial charge is 0.344 e. The van der Waals surface area contributed by atoms with Crippen LogP contribution in [0.1, 0.15) is 104 Å². The number of carbonyl (C=O) groups excluding carboxylic acids is 2. The molecule has 3 saturated carbocycles. The van der Waals surface area contributed by atoms with Gasteiger partial charge >= 0.3 is 11.9 Å². The standard InChI is InChI=1S/C52H84N2O14/c1-47(2)11-13-52(14-12-50(5)39(40(52)35-47)7-8-43-48(3)36-41-45(54-16-15-53-41)49(4,38-56)42(48)9-10-51(43,50)6)46(58)68-37-44(57)67-34-33-66-32-31-65-30-29-64-28-27-63-26-25-62-24-23-61-22-21-60-20-19-59-18-17-55/h7,15-16,40,42-43,55-56H,8-14,17-38H2,1-6H3/t40-,42+,43+,48-,49-,50+,51+,52-/m0/s1. The molecule has 0 amide bonds. The topological polar surface area (TPSA) is 193 Å². The molecule has 3 fully saturated rings. The summed E-state index contributed by atoms with van der Waals surface area (Å²) in [7, 11) is 0. The average molecular weight is 961 g/mol. The number of hydrogen-bond donors (Lipinski definition) is 2. The van der Waals surface area contributed by atoms with Crippen molar-refractivity contribution in [2.75, 3.05) is 132 Å². The van der Waals surface area contributed by atoms with Crippen molar-refractivity contribution in [2.24, 2.45) is 44.8 Å². The maximum Gasteiger partial charge on any atom is 0.344 e. The molecule has 2 N–H and O–H groups in total. The summed E-state index contributed by atoms with van der Waals surface area (Å²) in [6, 6.07) is 0. The first kappa shape index (κ1) is 54.7. The van der Waals surface area contributed by atoms with E-state index in [1.807, 2.05) is 0 Å². The maximum absolute atomic E-state index is 14.4. The number of nitrogens with zero attached hydrogens (tertiary/aromatic N) is 2. The second-order valence-electron chi connectivity index (χ2n) is 21.4. The van der Waals surface area contributed by atoms with Crippen LogP contribution in [0.5, 0.6) is 0 Å². The minimum atomic E-state index is -0.676. The van der Waals surface area contributed by atoms with Gasteiger partial charge in [-0.2, -0.15) is 0 Å². The summed E-state index contributed by atoms with van der Waals surface area (Å²) < 4.78 is 54.9. The Kier molecular flexibility index (Phi) is 20.2. The van der Waals surface area contributed by atoms with E-state index < -0.39 is 23.4 Å². The van der Waals surface area contributed by atoms with Gasteiger partial charge in [0.15, 0.2) is 6.61 Å². The fraction of sp³-hybridized carbons (Fsp3) is 0.846. The Labute approximate surface area is 405 Å². The number of aromatic nitrogens is 2. The summed E-state index contributed by atoms with van der Waals surface area (Å²) in [4.78, 5) is 36.9. The van der Waals surface area contributed by atoms with Crippen LogP contribution in [-0.4, -0.2) is 164 Å². The lowest BCUT2D eigenvalue weighted by Crippen LogP contribution is -2.65. The molecule has 6 rings (SSSR count). The highest BCUT2D eigenvalue weighted by Gasteiger charge is 2.70. The lowest BCUT2D eigenvalue weighted by atomic mass is 9.33. The summed E-state index contributed by atoms with van der Waals surface area (Å²) in [5, 5.41) is 19.6. The van der Waals surface area contributed by atoms with Crippen LogP contribution in [0, 0.1) is 44.8 Å². The number of aliphatic hydroxyl groups excluding tert-OH is 2. The van der Waals surface area contributed by atoms with Crippen molar-refractivity contribution < 1.29 is 67.2 Å². The zero-order valence-electron chi connectivity index (χ0n) is 42.2. The Hall–Kier alpha value is -2.64. The quantitative estimate of drug-likeness (QED) is 0.0560. The van der Waals surface area contributed by atoms with Crippen LogP contribution in [0.15, 0.2) is 24.0 Å². The van der Waals surface area contributed by atoms with E-state index in [0.717, 1.165) is 69.2 Å².